The van der Waals surface area contributed by atoms with Crippen molar-refractivity contribution in [3.8, 4) is 0 Å². The van der Waals surface area contributed by atoms with E-state index in [2.05, 4.69) is 40.0 Å². The Morgan fingerprint density at radius 1 is 0.694 bits per heavy atom. The lowest BCUT2D eigenvalue weighted by atomic mass is 9.84. The molecule has 0 bridgehead atoms. The fourth-order valence-corrected chi connectivity index (χ4v) is 8.06. The molecular weight excluding hydrogens is 1100 g/mol. The maximum Gasteiger partial charge on any atom is 0.407 e. The number of nitrogen functional groups attached to an aromatic ring is 1. The number of alkyl carbamates (subject to hydrolysis) is 2. The van der Waals surface area contributed by atoms with E-state index in [1.54, 1.807) is 77.0 Å². The number of alkyl halides is 1. The number of carbonyl (C=O) groups excluding carboxylic acids is 5. The quantitative estimate of drug-likeness (QED) is 0.0386. The predicted molar refractivity (Wildman–Crippen MR) is 321 cm³/mol. The maximum atomic E-state index is 13.3. The first-order valence-electron chi connectivity index (χ1n) is 27.6. The van der Waals surface area contributed by atoms with E-state index >= 15 is 0 Å². The van der Waals surface area contributed by atoms with Gasteiger partial charge in [-0.2, -0.15) is 0 Å². The molecule has 25 heteroatoms. The summed E-state index contributed by atoms with van der Waals surface area (Å²) < 4.78 is 27.4. The fourth-order valence-electron chi connectivity index (χ4n) is 8.06. The Bertz CT molecular complexity index is 3430. The smallest absolute Gasteiger partial charge is 0.407 e. The van der Waals surface area contributed by atoms with Crippen LogP contribution < -0.4 is 27.5 Å². The second-order valence-electron chi connectivity index (χ2n) is 22.0. The second kappa shape index (κ2) is 32.8. The number of benzene rings is 2. The van der Waals surface area contributed by atoms with Crippen molar-refractivity contribution >= 4 is 63.5 Å². The van der Waals surface area contributed by atoms with Crippen LogP contribution in [0.1, 0.15) is 109 Å². The number of ketones is 1. The van der Waals surface area contributed by atoms with Crippen LogP contribution in [-0.4, -0.2) is 152 Å². The molecule has 4 heterocycles. The van der Waals surface area contributed by atoms with E-state index in [-0.39, 0.29) is 76.6 Å². The molecule has 0 fully saturated rings. The van der Waals surface area contributed by atoms with E-state index in [1.165, 1.54) is 38.2 Å². The first-order valence-corrected chi connectivity index (χ1v) is 26.9. The van der Waals surface area contributed by atoms with Gasteiger partial charge in [-0.25, -0.2) is 24.4 Å². The summed E-state index contributed by atoms with van der Waals surface area (Å²) in [7, 11) is 7.86. The van der Waals surface area contributed by atoms with E-state index in [4.69, 9.17) is 12.2 Å². The number of carbonyl (C=O) groups is 6. The number of aliphatic carboxylic acids is 1. The van der Waals surface area contributed by atoms with Crippen LogP contribution in [0.4, 0.5) is 19.7 Å². The maximum absolute atomic E-state index is 13.3. The zero-order valence-corrected chi connectivity index (χ0v) is 50.3. The third-order valence-electron chi connectivity index (χ3n) is 12.9. The van der Waals surface area contributed by atoms with Gasteiger partial charge in [0.05, 0.1) is 81.8 Å². The van der Waals surface area contributed by atoms with Crippen LogP contribution in [0, 0.1) is 10.8 Å². The number of nitrogens with one attached hydrogen (secondary N) is 4. The summed E-state index contributed by atoms with van der Waals surface area (Å²) in [5, 5.41) is 35.0. The van der Waals surface area contributed by atoms with Gasteiger partial charge in [0.25, 0.3) is 11.1 Å². The highest BCUT2D eigenvalue weighted by Crippen LogP contribution is 2.37. The topological polar surface area (TPSA) is 339 Å². The van der Waals surface area contributed by atoms with Crippen LogP contribution >= 0.6 is 0 Å². The Morgan fingerprint density at radius 2 is 1.11 bits per heavy atom. The number of para-hydroxylation sites is 2. The highest BCUT2D eigenvalue weighted by Gasteiger charge is 2.28. The van der Waals surface area contributed by atoms with Gasteiger partial charge in [-0.15, -0.1) is 0 Å². The van der Waals surface area contributed by atoms with Gasteiger partial charge in [0.1, 0.15) is 17.7 Å². The van der Waals surface area contributed by atoms with Crippen LogP contribution in [-0.2, 0) is 48.2 Å². The van der Waals surface area contributed by atoms with Gasteiger partial charge in [0, 0.05) is 63.7 Å². The number of H-pyrrole nitrogens is 2. The van der Waals surface area contributed by atoms with E-state index < -0.39 is 49.6 Å². The van der Waals surface area contributed by atoms with Crippen LogP contribution in [0.2, 0.25) is 0 Å². The molecule has 0 spiro atoms. The molecule has 85 heavy (non-hydrogen) atoms. The number of ether oxygens (including phenoxy) is 2. The highest BCUT2D eigenvalue weighted by molar-refractivity contribution is 5.89. The number of amides is 4. The first kappa shape index (κ1) is 68.5. The molecule has 4 amide bonds. The number of nitrogens with two attached hydrogens (primary N) is 1. The largest absolute Gasteiger partial charge is 0.480 e. The van der Waals surface area contributed by atoms with E-state index in [1.807, 2.05) is 77.9 Å². The number of likely N-dealkylation sites (N-methyl/N-ethyl adjacent to an activating group) is 2. The molecule has 4 atom stereocenters. The molecule has 6 aromatic rings. The number of aromatic amines is 2. The number of hydrogen-bond acceptors (Lipinski definition) is 15. The Morgan fingerprint density at radius 3 is 1.52 bits per heavy atom. The third-order valence-corrected chi connectivity index (χ3v) is 12.9. The number of allylic oxidation sites excluding steroid dienone is 2. The number of methoxy groups -OCH3 is 2. The molecule has 24 nitrogen and oxygen atoms in total. The number of carboxylic acids is 1. The summed E-state index contributed by atoms with van der Waals surface area (Å²) in [5.41, 5.74) is 9.30. The number of aromatic nitrogens is 6. The number of aliphatic hydroxyl groups excluding tert-OH is 2. The van der Waals surface area contributed by atoms with Crippen LogP contribution in [0.5, 0.6) is 0 Å². The Labute approximate surface area is 494 Å². The average Bonchev–Trinajstić information content (AvgIpc) is 3.10. The first-order chi connectivity index (χ1) is 40.4. The van der Waals surface area contributed by atoms with Crippen LogP contribution in [0.15, 0.2) is 107 Å². The lowest BCUT2D eigenvalue weighted by Crippen LogP contribution is -2.42. The number of aliphatic hydroxyl groups is 2. The minimum Gasteiger partial charge on any atom is -0.480 e. The number of halogens is 1. The lowest BCUT2D eigenvalue weighted by Gasteiger charge is -2.26. The van der Waals surface area contributed by atoms with Crippen molar-refractivity contribution in [2.75, 3.05) is 55.3 Å². The number of imidazole rings is 2. The number of Topliss-reactive ketones (excluding diaryl/α,β-unsaturated/α-hetero) is 1. The van der Waals surface area contributed by atoms with Crippen molar-refractivity contribution in [1.29, 1.82) is 0 Å². The molecule has 0 aliphatic carbocycles. The van der Waals surface area contributed by atoms with Crippen molar-refractivity contribution in [2.45, 2.75) is 111 Å². The Hall–Kier alpha value is -8.97. The molecule has 0 aliphatic rings. The van der Waals surface area contributed by atoms with Gasteiger partial charge in [0.15, 0.2) is 5.78 Å². The van der Waals surface area contributed by atoms with Crippen LogP contribution in [0.3, 0.4) is 0 Å². The zero-order valence-electron chi connectivity index (χ0n) is 51.3. The monoisotopic (exact) mass is 1180 g/mol. The lowest BCUT2D eigenvalue weighted by molar-refractivity contribution is -0.139. The molecule has 4 aromatic heterocycles. The molecule has 0 aliphatic heterocycles. The third kappa shape index (κ3) is 21.3. The molecule has 6 rings (SSSR count). The molecule has 2 unspecified atom stereocenters. The van der Waals surface area contributed by atoms with Crippen molar-refractivity contribution in [3.05, 3.63) is 146 Å². The van der Waals surface area contributed by atoms with Crippen molar-refractivity contribution < 1.29 is 59.3 Å². The number of anilines is 1. The second-order valence-corrected chi connectivity index (χ2v) is 22.0. The number of pyridine rings is 2. The van der Waals surface area contributed by atoms with Crippen molar-refractivity contribution in [3.63, 3.8) is 0 Å². The number of fused-ring (bicyclic) bond motifs is 2. The predicted octanol–water partition coefficient (Wildman–Crippen LogP) is 6.35. The summed E-state index contributed by atoms with van der Waals surface area (Å²) in [6, 6.07) is 15.9. The molecule has 2 aromatic carbocycles. The number of rotatable bonds is 20. The van der Waals surface area contributed by atoms with Gasteiger partial charge in [-0.05, 0) is 79.0 Å². The fraction of sp³-hybridized carbons (Fsp3) is 0.433. The SMILES string of the molecule is CC(C)(C)C(O)c1cccc2[nH]c(Cn3cccc(N)c3=O)nc12.COC(=O)N[C@@H](CC/C=C/C(=O)N(C)C)C(=O)Cc1cccn(Cc2nc3c(C(O)C(C)(C)C)cccc3[nH]2)c1=O.COC(=O)N[C@@H](CC/C=C/C(=O)N(C)C)C(=O)O.[2H]CF. The molecule has 0 radical (unpaired) electrons. The van der Waals surface area contributed by atoms with Gasteiger partial charge >= 0.3 is 18.2 Å². The van der Waals surface area contributed by atoms with E-state index in [0.29, 0.717) is 42.1 Å². The molecule has 0 saturated heterocycles. The molecule has 0 saturated carbocycles. The normalized spacial score (nSPS) is 12.9. The standard InChI is InChI=1S/C30H39N5O6.C18H22N4O2.C11H18N2O5.CH3F/c1-30(2,3)27(38)20-12-9-14-22-26(20)33-24(31-22)18-35-16-10-11-19(28(35)39)17-23(36)21(32-29(40)41-6)13-7-8-15-25(37)34(4)5;1-18(2,3)16(23)11-6-4-8-13-15(11)21-14(20-13)10-22-9-5-7-12(19)17(22)24;1-13(2)9(14)7-5-4-6-8(10(15)16)12-11(17)18-3;1-2/h8-12,14-16,21,27,38H,7,13,17-18H2,1-6H3,(H,31,33)(H,32,40);4-9,16,23H,10,19H2,1-3H3,(H,20,21);5,7-8H,4,6H2,1-3H3,(H,12,17)(H,15,16);1H3/b15-8+;;7-5+;/t21-,27?;;8-;/m0.0./s1/i;;;1D. The van der Waals surface area contributed by atoms with Crippen LogP contribution in [0.25, 0.3) is 22.1 Å². The minimum atomic E-state index is -1.15. The number of hydrogen-bond donors (Lipinski definition) is 8. The van der Waals surface area contributed by atoms with Gasteiger partial charge in [-0.1, -0.05) is 84.0 Å². The van der Waals surface area contributed by atoms with Gasteiger partial charge in [0.2, 0.25) is 11.8 Å². The average molecular weight is 1190 g/mol. The molecular formula is C60H82FN11O13. The highest BCUT2D eigenvalue weighted by atomic mass is 19.1. The zero-order chi connectivity index (χ0) is 64.6. The minimum absolute atomic E-state index is 0.134. The van der Waals surface area contributed by atoms with Gasteiger partial charge < -0.3 is 70.1 Å². The Balaban J connectivity index is 0.000000363. The summed E-state index contributed by atoms with van der Waals surface area (Å²) in [6.45, 7) is 12.2. The summed E-state index contributed by atoms with van der Waals surface area (Å²) in [5.74, 6) is -0.697. The number of carboxylic acid groups (broad SMARTS) is 1. The Kier molecular flexibility index (Phi) is 26.4. The summed E-state index contributed by atoms with van der Waals surface area (Å²) >= 11 is 0. The number of nitrogens with zero attached hydrogens (tertiary/aromatic N) is 6. The summed E-state index contributed by atoms with van der Waals surface area (Å²) in [6.07, 6.45) is 7.28. The summed E-state index contributed by atoms with van der Waals surface area (Å²) in [4.78, 5) is 114. The van der Waals surface area contributed by atoms with Crippen molar-refractivity contribution in [2.24, 2.45) is 10.8 Å². The van der Waals surface area contributed by atoms with E-state index in [0.717, 1.165) is 29.2 Å². The van der Waals surface area contributed by atoms with E-state index in [9.17, 15) is 53.0 Å². The molecule has 9 N–H and O–H groups in total. The van der Waals surface area contributed by atoms with Crippen molar-refractivity contribution in [1.82, 2.24) is 49.5 Å². The molecule has 462 valence electrons. The van der Waals surface area contributed by atoms with Gasteiger partial charge in [-0.3, -0.25) is 28.4 Å².